The minimum Gasteiger partial charge on any atom is -0.465 e. The van der Waals surface area contributed by atoms with Crippen molar-refractivity contribution in [3.05, 3.63) is 47.1 Å². The number of Topliss-reactive ketones (excluding diaryl/α,β-unsaturated/α-hetero) is 1. The van der Waals surface area contributed by atoms with Crippen LogP contribution in [-0.4, -0.2) is 47.3 Å². The van der Waals surface area contributed by atoms with Crippen molar-refractivity contribution in [1.29, 1.82) is 0 Å². The fourth-order valence-corrected chi connectivity index (χ4v) is 3.22. The molecule has 3 atom stereocenters. The topological polar surface area (TPSA) is 105 Å². The van der Waals surface area contributed by atoms with Gasteiger partial charge in [-0.05, 0) is 52.2 Å². The molecule has 0 aliphatic carbocycles. The molecule has 0 aromatic heterocycles. The molecule has 2 N–H and O–H groups in total. The molecule has 0 spiro atoms. The molecule has 2 saturated heterocycles. The predicted molar refractivity (Wildman–Crippen MR) is 103 cm³/mol. The van der Waals surface area contributed by atoms with Crippen LogP contribution >= 0.6 is 0 Å². The Labute approximate surface area is 164 Å². The summed E-state index contributed by atoms with van der Waals surface area (Å²) < 4.78 is 9.97. The first-order chi connectivity index (χ1) is 13.1. The zero-order valence-corrected chi connectivity index (χ0v) is 16.9. The number of aliphatic hydroxyl groups is 1. The van der Waals surface area contributed by atoms with Crippen LogP contribution in [0.2, 0.25) is 0 Å². The van der Waals surface area contributed by atoms with Gasteiger partial charge in [0.1, 0.15) is 0 Å². The van der Waals surface area contributed by atoms with Crippen LogP contribution in [0.15, 0.2) is 47.1 Å². The van der Waals surface area contributed by atoms with Gasteiger partial charge in [0.15, 0.2) is 11.8 Å². The van der Waals surface area contributed by atoms with Crippen LogP contribution in [0.1, 0.15) is 40.5 Å². The van der Waals surface area contributed by atoms with E-state index in [0.717, 1.165) is 5.57 Å². The van der Waals surface area contributed by atoms with Crippen LogP contribution in [0, 0.1) is 0 Å². The monoisotopic (exact) mass is 389 g/mol. The van der Waals surface area contributed by atoms with Gasteiger partial charge in [0.05, 0.1) is 12.7 Å². The molecule has 0 unspecified atom stereocenters. The second-order valence-electron chi connectivity index (χ2n) is 7.16. The van der Waals surface area contributed by atoms with Crippen molar-refractivity contribution in [2.75, 3.05) is 7.11 Å². The molecule has 2 rings (SSSR count). The van der Waals surface area contributed by atoms with Crippen LogP contribution in [0.4, 0.5) is 0 Å². The average molecular weight is 389 g/mol. The van der Waals surface area contributed by atoms with Gasteiger partial charge >= 0.3 is 5.97 Å². The molecule has 2 aliphatic rings. The van der Waals surface area contributed by atoms with E-state index < -0.39 is 29.1 Å². The lowest BCUT2D eigenvalue weighted by Gasteiger charge is -2.16. The maximum Gasteiger partial charge on any atom is 0.337 e. The van der Waals surface area contributed by atoms with Gasteiger partial charge in [-0.15, -0.1) is 0 Å². The smallest absolute Gasteiger partial charge is 0.337 e. The second-order valence-corrected chi connectivity index (χ2v) is 7.16. The molecular weight excluding hydrogens is 362 g/mol. The van der Waals surface area contributed by atoms with E-state index in [-0.39, 0.29) is 5.97 Å². The first-order valence-corrected chi connectivity index (χ1v) is 9.14. The summed E-state index contributed by atoms with van der Waals surface area (Å²) in [6.07, 6.45) is 9.45. The summed E-state index contributed by atoms with van der Waals surface area (Å²) in [7, 11) is 1.34. The third-order valence-corrected chi connectivity index (χ3v) is 4.81. The number of amides is 1. The summed E-state index contributed by atoms with van der Waals surface area (Å²) >= 11 is 0. The number of ether oxygens (including phenoxy) is 2. The Balaban J connectivity index is 1.90. The summed E-state index contributed by atoms with van der Waals surface area (Å²) in [5.74, 6) is -1.39. The summed E-state index contributed by atoms with van der Waals surface area (Å²) in [6, 6.07) is 0. The Kier molecular flexibility index (Phi) is 6.41. The van der Waals surface area contributed by atoms with Gasteiger partial charge in [-0.2, -0.15) is 0 Å². The van der Waals surface area contributed by atoms with E-state index in [1.165, 1.54) is 14.0 Å². The van der Waals surface area contributed by atoms with Crippen LogP contribution in [0.3, 0.4) is 0 Å². The fourth-order valence-electron chi connectivity index (χ4n) is 3.22. The van der Waals surface area contributed by atoms with Crippen molar-refractivity contribution in [1.82, 2.24) is 5.32 Å². The van der Waals surface area contributed by atoms with Crippen molar-refractivity contribution in [3.8, 4) is 0 Å². The summed E-state index contributed by atoms with van der Waals surface area (Å²) in [5, 5.41) is 12.4. The number of carbonyl (C=O) groups is 3. The SMILES string of the molecule is C\C=C(/C=C(C)/C=C/CC/C=C(\C)C(=O)[C@@]12O[C@@H]1[C@@](C)(O)NC2=O)C(=O)OC. The molecule has 0 saturated carbocycles. The molecule has 2 aliphatic heterocycles. The van der Waals surface area contributed by atoms with Crippen molar-refractivity contribution in [2.45, 2.75) is 58.0 Å². The molecule has 28 heavy (non-hydrogen) atoms. The normalized spacial score (nSPS) is 30.3. The highest BCUT2D eigenvalue weighted by Gasteiger charge is 2.79. The molecule has 7 heteroatoms. The van der Waals surface area contributed by atoms with Crippen LogP contribution in [0.5, 0.6) is 0 Å². The average Bonchev–Trinajstić information content (AvgIpc) is 3.38. The minimum atomic E-state index is -1.57. The summed E-state index contributed by atoms with van der Waals surface area (Å²) in [5.41, 5.74) is -1.29. The molecule has 7 nitrogen and oxygen atoms in total. The predicted octanol–water partition coefficient (Wildman–Crippen LogP) is 1.88. The van der Waals surface area contributed by atoms with Crippen molar-refractivity contribution < 1.29 is 29.0 Å². The highest BCUT2D eigenvalue weighted by atomic mass is 16.6. The minimum absolute atomic E-state index is 0.387. The first kappa shape index (κ1) is 21.8. The number of esters is 1. The van der Waals surface area contributed by atoms with Gasteiger partial charge in [-0.1, -0.05) is 29.9 Å². The number of fused-ring (bicyclic) bond motifs is 1. The number of rotatable bonds is 8. The van der Waals surface area contributed by atoms with E-state index in [1.807, 2.05) is 19.1 Å². The number of hydrogen-bond acceptors (Lipinski definition) is 6. The lowest BCUT2D eigenvalue weighted by molar-refractivity contribution is -0.137. The first-order valence-electron chi connectivity index (χ1n) is 9.14. The molecule has 0 radical (unpaired) electrons. The van der Waals surface area contributed by atoms with Gasteiger partial charge in [0.25, 0.3) is 5.91 Å². The van der Waals surface area contributed by atoms with Crippen molar-refractivity contribution in [3.63, 3.8) is 0 Å². The number of carbonyl (C=O) groups excluding carboxylic acids is 3. The lowest BCUT2D eigenvalue weighted by atomic mass is 9.93. The van der Waals surface area contributed by atoms with E-state index in [9.17, 15) is 19.5 Å². The van der Waals surface area contributed by atoms with Crippen LogP contribution in [0.25, 0.3) is 0 Å². The third-order valence-electron chi connectivity index (χ3n) is 4.81. The quantitative estimate of drug-likeness (QED) is 0.164. The molecule has 0 bridgehead atoms. The number of methoxy groups -OCH3 is 1. The Hall–Kier alpha value is -2.51. The van der Waals surface area contributed by atoms with Gasteiger partial charge in [0.2, 0.25) is 11.4 Å². The van der Waals surface area contributed by atoms with Crippen LogP contribution < -0.4 is 5.32 Å². The Morgan fingerprint density at radius 1 is 1.32 bits per heavy atom. The molecule has 0 aromatic rings. The standard InChI is InChI=1S/C21H27NO6/c1-6-15(17(24)27-5)12-13(2)10-8-7-9-11-14(3)16(23)21-18(28-21)20(4,26)22-19(21)25/h6,8,10-12,18,26H,7,9H2,1-5H3,(H,22,25)/b10-8+,13-12+,14-11+,15-6+/t18-,20-,21-/m1/s1. The van der Waals surface area contributed by atoms with E-state index in [0.29, 0.717) is 24.0 Å². The largest absolute Gasteiger partial charge is 0.465 e. The van der Waals surface area contributed by atoms with E-state index in [1.54, 1.807) is 32.1 Å². The van der Waals surface area contributed by atoms with Crippen molar-refractivity contribution >= 4 is 17.7 Å². The highest BCUT2D eigenvalue weighted by Crippen LogP contribution is 2.49. The molecule has 2 fully saturated rings. The van der Waals surface area contributed by atoms with Gasteiger partial charge in [-0.3, -0.25) is 9.59 Å². The van der Waals surface area contributed by atoms with Gasteiger partial charge in [-0.25, -0.2) is 4.79 Å². The number of allylic oxidation sites excluding steroid dienone is 5. The number of epoxide rings is 1. The lowest BCUT2D eigenvalue weighted by Crippen LogP contribution is -2.45. The molecule has 1 amide bonds. The fraction of sp³-hybridized carbons (Fsp3) is 0.476. The second kappa shape index (κ2) is 8.24. The summed E-state index contributed by atoms with van der Waals surface area (Å²) in [4.78, 5) is 36.2. The van der Waals surface area contributed by atoms with Crippen molar-refractivity contribution in [2.24, 2.45) is 0 Å². The highest BCUT2D eigenvalue weighted by molar-refractivity contribution is 6.21. The number of morpholine rings is 1. The number of unbranched alkanes of at least 4 members (excludes halogenated alkanes) is 1. The zero-order chi connectivity index (χ0) is 21.1. The Morgan fingerprint density at radius 2 is 2.00 bits per heavy atom. The zero-order valence-electron chi connectivity index (χ0n) is 16.9. The van der Waals surface area contributed by atoms with Gasteiger partial charge < -0.3 is 19.9 Å². The number of ketones is 1. The number of nitrogens with one attached hydrogen (secondary N) is 1. The molecule has 0 aromatic carbocycles. The van der Waals surface area contributed by atoms with Gasteiger partial charge in [0, 0.05) is 0 Å². The maximum atomic E-state index is 12.6. The maximum absolute atomic E-state index is 12.6. The molecule has 2 heterocycles. The van der Waals surface area contributed by atoms with Crippen LogP contribution in [-0.2, 0) is 23.9 Å². The van der Waals surface area contributed by atoms with E-state index >= 15 is 0 Å². The third kappa shape index (κ3) is 4.15. The summed E-state index contributed by atoms with van der Waals surface area (Å²) in [6.45, 7) is 6.69. The molecular formula is C21H27NO6. The van der Waals surface area contributed by atoms with E-state index in [4.69, 9.17) is 9.47 Å². The Bertz CT molecular complexity index is 802. The molecule has 152 valence electrons. The van der Waals surface area contributed by atoms with E-state index in [2.05, 4.69) is 5.32 Å². The number of hydrogen-bond donors (Lipinski definition) is 2. The Morgan fingerprint density at radius 3 is 2.50 bits per heavy atom.